The van der Waals surface area contributed by atoms with E-state index < -0.39 is 10.0 Å². The molecule has 1 saturated heterocycles. The first-order valence-corrected chi connectivity index (χ1v) is 11.4. The summed E-state index contributed by atoms with van der Waals surface area (Å²) in [5, 5.41) is 2.85. The highest BCUT2D eigenvalue weighted by molar-refractivity contribution is 7.92. The van der Waals surface area contributed by atoms with Crippen molar-refractivity contribution >= 4 is 27.5 Å². The molecule has 0 aliphatic carbocycles. The highest BCUT2D eigenvalue weighted by Gasteiger charge is 2.34. The highest BCUT2D eigenvalue weighted by Crippen LogP contribution is 2.37. The molecule has 2 amide bonds. The van der Waals surface area contributed by atoms with Gasteiger partial charge in [-0.1, -0.05) is 24.8 Å². The molecule has 8 nitrogen and oxygen atoms in total. The molecule has 2 aliphatic heterocycles. The number of H-pyrrole nitrogens is 1. The van der Waals surface area contributed by atoms with Crippen LogP contribution in [0.4, 0.5) is 5.69 Å². The number of carbonyl (C=O) groups is 2. The van der Waals surface area contributed by atoms with E-state index in [0.717, 1.165) is 18.4 Å². The van der Waals surface area contributed by atoms with Crippen LogP contribution in [0.3, 0.4) is 0 Å². The van der Waals surface area contributed by atoms with Crippen molar-refractivity contribution in [3.8, 4) is 0 Å². The van der Waals surface area contributed by atoms with Crippen LogP contribution in [0.25, 0.3) is 0 Å². The number of aromatic amines is 1. The number of hydrogen-bond acceptors (Lipinski definition) is 4. The Morgan fingerprint density at radius 3 is 2.63 bits per heavy atom. The van der Waals surface area contributed by atoms with Crippen molar-refractivity contribution in [2.75, 3.05) is 23.9 Å². The Labute approximate surface area is 175 Å². The van der Waals surface area contributed by atoms with Gasteiger partial charge < -0.3 is 15.2 Å². The smallest absolute Gasteiger partial charge is 0.270 e. The summed E-state index contributed by atoms with van der Waals surface area (Å²) >= 11 is 0. The Kier molecular flexibility index (Phi) is 5.38. The molecule has 158 valence electrons. The number of para-hydroxylation sites is 1. The van der Waals surface area contributed by atoms with E-state index in [-0.39, 0.29) is 35.0 Å². The summed E-state index contributed by atoms with van der Waals surface area (Å²) in [5.74, 6) is -0.484. The molecule has 1 unspecified atom stereocenters. The van der Waals surface area contributed by atoms with E-state index >= 15 is 0 Å². The summed E-state index contributed by atoms with van der Waals surface area (Å²) in [6.07, 6.45) is 4.93. The third-order valence-electron chi connectivity index (χ3n) is 5.57. The van der Waals surface area contributed by atoms with Gasteiger partial charge in [-0.2, -0.15) is 0 Å². The number of nitrogens with one attached hydrogen (secondary N) is 2. The first-order valence-electron chi connectivity index (χ1n) is 9.94. The standard InChI is InChI=1S/C21H24N4O4S/c1-2-20(26)23-17-9-12-25(19-8-4-3-7-16(17)19)30(28,29)15-13-18(22-14-15)21(27)24-10-5-6-11-24/h2-4,7-8,13-14,17,22H,1,5-6,9-12H2,(H,23,26). The van der Waals surface area contributed by atoms with Crippen molar-refractivity contribution in [2.24, 2.45) is 0 Å². The number of fused-ring (bicyclic) bond motifs is 1. The molecule has 1 fully saturated rings. The van der Waals surface area contributed by atoms with Crippen molar-refractivity contribution in [1.82, 2.24) is 15.2 Å². The van der Waals surface area contributed by atoms with Crippen molar-refractivity contribution in [1.29, 1.82) is 0 Å². The van der Waals surface area contributed by atoms with Crippen LogP contribution in [-0.2, 0) is 14.8 Å². The predicted molar refractivity (Wildman–Crippen MR) is 113 cm³/mol. The lowest BCUT2D eigenvalue weighted by atomic mass is 9.98. The Bertz CT molecular complexity index is 1090. The van der Waals surface area contributed by atoms with Gasteiger partial charge in [0, 0.05) is 25.8 Å². The van der Waals surface area contributed by atoms with Crippen molar-refractivity contribution in [3.05, 3.63) is 60.4 Å². The lowest BCUT2D eigenvalue weighted by Crippen LogP contribution is -2.40. The summed E-state index contributed by atoms with van der Waals surface area (Å²) < 4.78 is 28.1. The molecule has 2 aliphatic rings. The second-order valence-corrected chi connectivity index (χ2v) is 9.30. The first kappa shape index (κ1) is 20.2. The fraction of sp³-hybridized carbons (Fsp3) is 0.333. The van der Waals surface area contributed by atoms with Crippen LogP contribution in [-0.4, -0.2) is 49.8 Å². The minimum absolute atomic E-state index is 0.0495. The number of benzene rings is 1. The van der Waals surface area contributed by atoms with Crippen LogP contribution >= 0.6 is 0 Å². The topological polar surface area (TPSA) is 103 Å². The van der Waals surface area contributed by atoms with Gasteiger partial charge in [0.2, 0.25) is 5.91 Å². The SMILES string of the molecule is C=CC(=O)NC1CCN(S(=O)(=O)c2c[nH]c(C(=O)N3CCCC3)c2)c2ccccc21. The van der Waals surface area contributed by atoms with E-state index in [9.17, 15) is 18.0 Å². The molecule has 0 saturated carbocycles. The average molecular weight is 429 g/mol. The fourth-order valence-corrected chi connectivity index (χ4v) is 5.53. The molecule has 2 aromatic rings. The number of hydrogen-bond donors (Lipinski definition) is 2. The molecule has 0 spiro atoms. The van der Waals surface area contributed by atoms with Crippen LogP contribution in [0.2, 0.25) is 0 Å². The van der Waals surface area contributed by atoms with Gasteiger partial charge in [0.1, 0.15) is 10.6 Å². The quantitative estimate of drug-likeness (QED) is 0.713. The Morgan fingerprint density at radius 2 is 1.90 bits per heavy atom. The molecule has 1 aromatic heterocycles. The maximum Gasteiger partial charge on any atom is 0.270 e. The Balaban J connectivity index is 1.63. The molecule has 1 aromatic carbocycles. The van der Waals surface area contributed by atoms with Crippen LogP contribution in [0, 0.1) is 0 Å². The second-order valence-electron chi connectivity index (χ2n) is 7.44. The second kappa shape index (κ2) is 7.98. The zero-order valence-corrected chi connectivity index (χ0v) is 17.3. The summed E-state index contributed by atoms with van der Waals surface area (Å²) in [6, 6.07) is 8.22. The van der Waals surface area contributed by atoms with Crippen molar-refractivity contribution in [2.45, 2.75) is 30.2 Å². The van der Waals surface area contributed by atoms with E-state index in [2.05, 4.69) is 16.9 Å². The van der Waals surface area contributed by atoms with Gasteiger partial charge in [-0.05, 0) is 43.0 Å². The van der Waals surface area contributed by atoms with E-state index in [1.165, 1.54) is 22.6 Å². The first-order chi connectivity index (χ1) is 14.4. The van der Waals surface area contributed by atoms with Crippen LogP contribution in [0.5, 0.6) is 0 Å². The fourth-order valence-electron chi connectivity index (χ4n) is 4.03. The molecule has 30 heavy (non-hydrogen) atoms. The number of sulfonamides is 1. The highest BCUT2D eigenvalue weighted by atomic mass is 32.2. The number of nitrogens with zero attached hydrogens (tertiary/aromatic N) is 2. The molecule has 9 heteroatoms. The molecule has 1 atom stereocenters. The van der Waals surface area contributed by atoms with Crippen LogP contribution < -0.4 is 9.62 Å². The van der Waals surface area contributed by atoms with Crippen molar-refractivity contribution < 1.29 is 18.0 Å². The van der Waals surface area contributed by atoms with E-state index in [0.29, 0.717) is 25.2 Å². The van der Waals surface area contributed by atoms with E-state index in [4.69, 9.17) is 0 Å². The summed E-state index contributed by atoms with van der Waals surface area (Å²) in [5.41, 5.74) is 1.52. The predicted octanol–water partition coefficient (Wildman–Crippen LogP) is 2.19. The van der Waals surface area contributed by atoms with Gasteiger partial charge in [0.05, 0.1) is 11.7 Å². The lowest BCUT2D eigenvalue weighted by molar-refractivity contribution is -0.117. The monoisotopic (exact) mass is 428 g/mol. The molecular formula is C21H24N4O4S. The van der Waals surface area contributed by atoms with Gasteiger partial charge in [-0.15, -0.1) is 0 Å². The molecule has 0 radical (unpaired) electrons. The van der Waals surface area contributed by atoms with Gasteiger partial charge >= 0.3 is 0 Å². The van der Waals surface area contributed by atoms with Gasteiger partial charge in [-0.25, -0.2) is 8.42 Å². The zero-order chi connectivity index (χ0) is 21.3. The summed E-state index contributed by atoms with van der Waals surface area (Å²) in [4.78, 5) is 28.9. The minimum Gasteiger partial charge on any atom is -0.356 e. The average Bonchev–Trinajstić information content (AvgIpc) is 3.46. The molecule has 0 bridgehead atoms. The molecule has 3 heterocycles. The number of anilines is 1. The summed E-state index contributed by atoms with van der Waals surface area (Å²) in [7, 11) is -3.87. The van der Waals surface area contributed by atoms with Gasteiger partial charge in [0.15, 0.2) is 0 Å². The molecular weight excluding hydrogens is 404 g/mol. The number of rotatable bonds is 5. The Hall–Kier alpha value is -3.07. The third-order valence-corrected chi connectivity index (χ3v) is 7.36. The van der Waals surface area contributed by atoms with Crippen LogP contribution in [0.15, 0.2) is 54.1 Å². The lowest BCUT2D eigenvalue weighted by Gasteiger charge is -2.34. The molecule has 2 N–H and O–H groups in total. The number of amides is 2. The van der Waals surface area contributed by atoms with E-state index in [1.807, 2.05) is 12.1 Å². The Morgan fingerprint density at radius 1 is 1.17 bits per heavy atom. The number of carbonyl (C=O) groups excluding carboxylic acids is 2. The van der Waals surface area contributed by atoms with E-state index in [1.54, 1.807) is 17.0 Å². The van der Waals surface area contributed by atoms with Crippen LogP contribution in [0.1, 0.15) is 41.4 Å². The van der Waals surface area contributed by atoms with Crippen molar-refractivity contribution in [3.63, 3.8) is 0 Å². The number of likely N-dealkylation sites (tertiary alicyclic amines) is 1. The largest absolute Gasteiger partial charge is 0.356 e. The van der Waals surface area contributed by atoms with Gasteiger partial charge in [0.25, 0.3) is 15.9 Å². The normalized spacial score (nSPS) is 18.7. The maximum absolute atomic E-state index is 13.4. The summed E-state index contributed by atoms with van der Waals surface area (Å²) in [6.45, 7) is 5.06. The minimum atomic E-state index is -3.87. The third kappa shape index (κ3) is 3.60. The molecule has 4 rings (SSSR count). The number of aromatic nitrogens is 1. The van der Waals surface area contributed by atoms with Gasteiger partial charge in [-0.3, -0.25) is 13.9 Å². The maximum atomic E-state index is 13.4. The zero-order valence-electron chi connectivity index (χ0n) is 16.5.